The number of rotatable bonds is 5. The summed E-state index contributed by atoms with van der Waals surface area (Å²) in [5, 5.41) is 2.62. The lowest BCUT2D eigenvalue weighted by Gasteiger charge is -2.29. The van der Waals surface area contributed by atoms with E-state index in [0.29, 0.717) is 0 Å². The van der Waals surface area contributed by atoms with Crippen molar-refractivity contribution in [2.24, 2.45) is 0 Å². The van der Waals surface area contributed by atoms with Crippen molar-refractivity contribution < 1.29 is 0 Å². The molecule has 1 heteroatoms. The van der Waals surface area contributed by atoms with Crippen molar-refractivity contribution in [1.29, 1.82) is 0 Å². The van der Waals surface area contributed by atoms with Crippen LogP contribution < -0.4 is 4.90 Å². The van der Waals surface area contributed by atoms with Gasteiger partial charge in [0.2, 0.25) is 0 Å². The molecule has 0 spiro atoms. The molecule has 1 unspecified atom stereocenters. The minimum absolute atomic E-state index is 0.245. The van der Waals surface area contributed by atoms with Crippen LogP contribution in [0.15, 0.2) is 170 Å². The minimum Gasteiger partial charge on any atom is -0.310 e. The van der Waals surface area contributed by atoms with Crippen LogP contribution in [0.3, 0.4) is 0 Å². The fourth-order valence-electron chi connectivity index (χ4n) is 7.05. The van der Waals surface area contributed by atoms with Gasteiger partial charge in [-0.3, -0.25) is 0 Å². The zero-order valence-electron chi connectivity index (χ0n) is 24.1. The summed E-state index contributed by atoms with van der Waals surface area (Å²) >= 11 is 0. The van der Waals surface area contributed by atoms with Crippen LogP contribution in [-0.4, -0.2) is 0 Å². The molecule has 0 radical (unpaired) electrons. The first-order chi connectivity index (χ1) is 21.2. The van der Waals surface area contributed by atoms with Gasteiger partial charge in [0.15, 0.2) is 0 Å². The Bertz CT molecular complexity index is 2040. The maximum atomic E-state index is 2.40. The highest BCUT2D eigenvalue weighted by Crippen LogP contribution is 2.54. The Morgan fingerprint density at radius 3 is 1.81 bits per heavy atom. The highest BCUT2D eigenvalue weighted by molar-refractivity contribution is 5.98. The summed E-state index contributed by atoms with van der Waals surface area (Å²) in [6.45, 7) is 2.40. The van der Waals surface area contributed by atoms with E-state index in [4.69, 9.17) is 0 Å². The molecular formula is C42H31N. The Kier molecular flexibility index (Phi) is 5.98. The predicted octanol–water partition coefficient (Wildman–Crippen LogP) is 11.3. The van der Waals surface area contributed by atoms with Crippen LogP contribution >= 0.6 is 0 Å². The molecule has 1 atom stereocenters. The Morgan fingerprint density at radius 2 is 1.07 bits per heavy atom. The molecule has 7 aromatic carbocycles. The SMILES string of the molecule is CC1(c2ccc(-c3cccc(N(c4ccccc4)c4ccccc4)c3)cc2)c2ccccc2-c2ccc3ccccc3c21. The fraction of sp³-hybridized carbons (Fsp3) is 0.0476. The third-order valence-electron chi connectivity index (χ3n) is 9.11. The molecule has 0 fully saturated rings. The second kappa shape index (κ2) is 10.2. The van der Waals surface area contributed by atoms with Crippen molar-refractivity contribution in [1.82, 2.24) is 0 Å². The summed E-state index contributed by atoms with van der Waals surface area (Å²) in [4.78, 5) is 2.32. The Balaban J connectivity index is 1.22. The highest BCUT2D eigenvalue weighted by atomic mass is 15.1. The van der Waals surface area contributed by atoms with Crippen LogP contribution in [0.5, 0.6) is 0 Å². The average Bonchev–Trinajstić information content (AvgIpc) is 3.35. The van der Waals surface area contributed by atoms with Gasteiger partial charge in [-0.05, 0) is 93.0 Å². The second-order valence-electron chi connectivity index (χ2n) is 11.5. The molecule has 1 nitrogen and oxygen atoms in total. The number of nitrogens with zero attached hydrogens (tertiary/aromatic N) is 1. The van der Waals surface area contributed by atoms with Crippen molar-refractivity contribution in [3.05, 3.63) is 187 Å². The molecule has 43 heavy (non-hydrogen) atoms. The van der Waals surface area contributed by atoms with Crippen LogP contribution in [0.2, 0.25) is 0 Å². The normalized spacial score (nSPS) is 15.2. The quantitative estimate of drug-likeness (QED) is 0.206. The predicted molar refractivity (Wildman–Crippen MR) is 182 cm³/mol. The third-order valence-corrected chi connectivity index (χ3v) is 9.11. The Hall–Kier alpha value is -5.40. The van der Waals surface area contributed by atoms with Gasteiger partial charge in [-0.2, -0.15) is 0 Å². The van der Waals surface area contributed by atoms with Gasteiger partial charge in [0.05, 0.1) is 0 Å². The van der Waals surface area contributed by atoms with Crippen molar-refractivity contribution in [2.45, 2.75) is 12.3 Å². The molecule has 1 aliphatic carbocycles. The minimum atomic E-state index is -0.245. The van der Waals surface area contributed by atoms with E-state index >= 15 is 0 Å². The van der Waals surface area contributed by atoms with Crippen LogP contribution in [0.1, 0.15) is 23.6 Å². The molecule has 0 bridgehead atoms. The van der Waals surface area contributed by atoms with E-state index < -0.39 is 0 Å². The maximum absolute atomic E-state index is 2.40. The summed E-state index contributed by atoms with van der Waals surface area (Å²) in [7, 11) is 0. The van der Waals surface area contributed by atoms with E-state index in [2.05, 4.69) is 182 Å². The van der Waals surface area contributed by atoms with Gasteiger partial charge in [-0.25, -0.2) is 0 Å². The van der Waals surface area contributed by atoms with Gasteiger partial charge >= 0.3 is 0 Å². The van der Waals surface area contributed by atoms with Gasteiger partial charge < -0.3 is 4.90 Å². The number of hydrogen-bond donors (Lipinski definition) is 0. The molecule has 1 aliphatic rings. The summed E-state index contributed by atoms with van der Waals surface area (Å²) in [6, 6.07) is 61.6. The lowest BCUT2D eigenvalue weighted by Crippen LogP contribution is -2.22. The lowest BCUT2D eigenvalue weighted by molar-refractivity contribution is 0.720. The number of para-hydroxylation sites is 2. The average molecular weight is 550 g/mol. The van der Waals surface area contributed by atoms with Crippen LogP contribution in [0, 0.1) is 0 Å². The van der Waals surface area contributed by atoms with E-state index in [1.165, 1.54) is 49.7 Å². The van der Waals surface area contributed by atoms with Gasteiger partial charge in [-0.1, -0.05) is 133 Å². The van der Waals surface area contributed by atoms with E-state index in [1.807, 2.05) is 0 Å². The first-order valence-corrected chi connectivity index (χ1v) is 15.0. The first-order valence-electron chi connectivity index (χ1n) is 15.0. The van der Waals surface area contributed by atoms with E-state index in [-0.39, 0.29) is 5.41 Å². The molecule has 8 rings (SSSR count). The van der Waals surface area contributed by atoms with Gasteiger partial charge in [0, 0.05) is 22.5 Å². The monoisotopic (exact) mass is 549 g/mol. The largest absolute Gasteiger partial charge is 0.310 e. The van der Waals surface area contributed by atoms with Gasteiger partial charge in [-0.15, -0.1) is 0 Å². The molecule has 0 amide bonds. The molecule has 0 saturated carbocycles. The van der Waals surface area contributed by atoms with Crippen molar-refractivity contribution in [3.63, 3.8) is 0 Å². The lowest BCUT2D eigenvalue weighted by atomic mass is 9.72. The van der Waals surface area contributed by atoms with Crippen LogP contribution in [0.25, 0.3) is 33.0 Å². The van der Waals surface area contributed by atoms with Crippen LogP contribution in [0.4, 0.5) is 17.1 Å². The molecule has 0 heterocycles. The van der Waals surface area contributed by atoms with E-state index in [0.717, 1.165) is 17.1 Å². The smallest absolute Gasteiger partial charge is 0.0467 e. The zero-order valence-corrected chi connectivity index (χ0v) is 24.1. The summed E-state index contributed by atoms with van der Waals surface area (Å²) in [5.41, 5.74) is 12.3. The standard InChI is InChI=1S/C42H31N/c1-42(40-22-11-10-21-38(40)39-28-25-31-13-8-9-20-37(31)41(39)42)33-26-23-30(24-27-33)32-14-12-19-36(29-32)43(34-15-4-2-5-16-34)35-17-6-3-7-18-35/h2-29H,1H3. The number of hydrogen-bond acceptors (Lipinski definition) is 1. The van der Waals surface area contributed by atoms with Crippen LogP contribution in [-0.2, 0) is 5.41 Å². The Labute approximate surface area is 253 Å². The molecule has 0 aromatic heterocycles. The maximum Gasteiger partial charge on any atom is 0.0467 e. The van der Waals surface area contributed by atoms with Crippen molar-refractivity contribution >= 4 is 27.8 Å². The molecular weight excluding hydrogens is 518 g/mol. The number of fused-ring (bicyclic) bond motifs is 5. The third kappa shape index (κ3) is 4.08. The molecule has 0 saturated heterocycles. The summed E-state index contributed by atoms with van der Waals surface area (Å²) in [5.74, 6) is 0. The van der Waals surface area contributed by atoms with E-state index in [1.54, 1.807) is 0 Å². The Morgan fingerprint density at radius 1 is 0.442 bits per heavy atom. The molecule has 0 N–H and O–H groups in total. The topological polar surface area (TPSA) is 3.24 Å². The van der Waals surface area contributed by atoms with E-state index in [9.17, 15) is 0 Å². The van der Waals surface area contributed by atoms with Crippen molar-refractivity contribution in [2.75, 3.05) is 4.90 Å². The number of benzene rings is 7. The summed E-state index contributed by atoms with van der Waals surface area (Å²) in [6.07, 6.45) is 0. The first kappa shape index (κ1) is 25.3. The summed E-state index contributed by atoms with van der Waals surface area (Å²) < 4.78 is 0. The fourth-order valence-corrected chi connectivity index (χ4v) is 7.05. The van der Waals surface area contributed by atoms with Crippen molar-refractivity contribution in [3.8, 4) is 22.3 Å². The second-order valence-corrected chi connectivity index (χ2v) is 11.5. The molecule has 204 valence electrons. The zero-order chi connectivity index (χ0) is 28.8. The number of anilines is 3. The molecule has 7 aromatic rings. The molecule has 0 aliphatic heterocycles. The highest BCUT2D eigenvalue weighted by Gasteiger charge is 2.41. The van der Waals surface area contributed by atoms with Gasteiger partial charge in [0.25, 0.3) is 0 Å². The van der Waals surface area contributed by atoms with Gasteiger partial charge in [0.1, 0.15) is 0 Å².